The van der Waals surface area contributed by atoms with Crippen LogP contribution in [0.25, 0.3) is 0 Å². The summed E-state index contributed by atoms with van der Waals surface area (Å²) in [5, 5.41) is 5.65. The van der Waals surface area contributed by atoms with E-state index in [-0.39, 0.29) is 23.6 Å². The molecule has 31 heavy (non-hydrogen) atoms. The second-order valence-corrected chi connectivity index (χ2v) is 7.80. The molecule has 0 aromatic heterocycles. The van der Waals surface area contributed by atoms with Crippen molar-refractivity contribution in [2.45, 2.75) is 33.2 Å². The van der Waals surface area contributed by atoms with Crippen LogP contribution in [-0.2, 0) is 16.0 Å². The fourth-order valence-corrected chi connectivity index (χ4v) is 2.89. The van der Waals surface area contributed by atoms with E-state index < -0.39 is 6.04 Å². The van der Waals surface area contributed by atoms with Gasteiger partial charge in [-0.1, -0.05) is 26.0 Å². The van der Waals surface area contributed by atoms with Gasteiger partial charge in [0.05, 0.1) is 13.0 Å². The number of likely N-dealkylation sites (N-methyl/N-ethyl adjacent to an activating group) is 1. The van der Waals surface area contributed by atoms with E-state index in [2.05, 4.69) is 10.6 Å². The number of carbonyl (C=O) groups is 3. The van der Waals surface area contributed by atoms with E-state index in [1.54, 1.807) is 62.6 Å². The van der Waals surface area contributed by atoms with Crippen molar-refractivity contribution in [1.82, 2.24) is 10.2 Å². The molecule has 0 radical (unpaired) electrons. The van der Waals surface area contributed by atoms with Crippen LogP contribution in [0.15, 0.2) is 48.5 Å². The van der Waals surface area contributed by atoms with Crippen molar-refractivity contribution in [3.8, 4) is 5.75 Å². The first-order valence-corrected chi connectivity index (χ1v) is 10.3. The Morgan fingerprint density at radius 3 is 2.10 bits per heavy atom. The van der Waals surface area contributed by atoms with Gasteiger partial charge in [0.15, 0.2) is 0 Å². The number of nitrogens with zero attached hydrogens (tertiary/aromatic N) is 1. The van der Waals surface area contributed by atoms with Crippen LogP contribution < -0.4 is 15.4 Å². The molecule has 0 heterocycles. The van der Waals surface area contributed by atoms with Crippen LogP contribution in [0.3, 0.4) is 0 Å². The minimum atomic E-state index is -0.700. The quantitative estimate of drug-likeness (QED) is 0.646. The van der Waals surface area contributed by atoms with Crippen LogP contribution >= 0.6 is 0 Å². The molecule has 0 spiro atoms. The van der Waals surface area contributed by atoms with Gasteiger partial charge in [0.25, 0.3) is 5.91 Å². The van der Waals surface area contributed by atoms with Crippen molar-refractivity contribution in [2.24, 2.45) is 5.92 Å². The number of anilines is 1. The lowest BCUT2D eigenvalue weighted by atomic mass is 10.0. The molecule has 7 heteroatoms. The highest BCUT2D eigenvalue weighted by molar-refractivity contribution is 6.01. The average molecular weight is 426 g/mol. The normalized spacial score (nSPS) is 11.5. The van der Waals surface area contributed by atoms with Crippen molar-refractivity contribution in [2.75, 3.05) is 26.0 Å². The molecule has 1 unspecified atom stereocenters. The first kappa shape index (κ1) is 23.9. The summed E-state index contributed by atoms with van der Waals surface area (Å²) in [5.74, 6) is -0.0360. The summed E-state index contributed by atoms with van der Waals surface area (Å²) in [6.45, 7) is 6.19. The van der Waals surface area contributed by atoms with E-state index in [4.69, 9.17) is 4.74 Å². The van der Waals surface area contributed by atoms with Crippen molar-refractivity contribution >= 4 is 23.4 Å². The smallest absolute Gasteiger partial charge is 0.251 e. The Morgan fingerprint density at radius 2 is 1.58 bits per heavy atom. The van der Waals surface area contributed by atoms with Crippen molar-refractivity contribution in [1.29, 1.82) is 0 Å². The lowest BCUT2D eigenvalue weighted by Crippen LogP contribution is -2.47. The standard InChI is InChI=1S/C24H31N3O4/c1-6-31-20-13-9-18(10-14-20)23(29)26-22(16(2)3)24(30)25-19-11-7-17(8-12-19)15-21(28)27(4)5/h7-14,16,22H,6,15H2,1-5H3,(H,25,30)(H,26,29). The van der Waals surface area contributed by atoms with Gasteiger partial charge < -0.3 is 20.3 Å². The lowest BCUT2D eigenvalue weighted by Gasteiger charge is -2.22. The van der Waals surface area contributed by atoms with Gasteiger partial charge in [-0.3, -0.25) is 14.4 Å². The highest BCUT2D eigenvalue weighted by Crippen LogP contribution is 2.15. The van der Waals surface area contributed by atoms with Crippen LogP contribution in [-0.4, -0.2) is 49.4 Å². The maximum atomic E-state index is 12.8. The lowest BCUT2D eigenvalue weighted by molar-refractivity contribution is -0.128. The minimum Gasteiger partial charge on any atom is -0.494 e. The van der Waals surface area contributed by atoms with Crippen LogP contribution in [0.5, 0.6) is 5.75 Å². The highest BCUT2D eigenvalue weighted by atomic mass is 16.5. The molecule has 1 atom stereocenters. The number of nitrogens with one attached hydrogen (secondary N) is 2. The Bertz CT molecular complexity index is 890. The maximum Gasteiger partial charge on any atom is 0.251 e. The van der Waals surface area contributed by atoms with E-state index in [0.717, 1.165) is 5.56 Å². The number of benzene rings is 2. The molecule has 0 saturated carbocycles. The summed E-state index contributed by atoms with van der Waals surface area (Å²) in [6.07, 6.45) is 0.300. The van der Waals surface area contributed by atoms with Crippen molar-refractivity contribution < 1.29 is 19.1 Å². The van der Waals surface area contributed by atoms with Gasteiger partial charge in [-0.15, -0.1) is 0 Å². The van der Waals surface area contributed by atoms with Gasteiger partial charge in [-0.2, -0.15) is 0 Å². The number of amides is 3. The van der Waals surface area contributed by atoms with Gasteiger partial charge in [0, 0.05) is 25.3 Å². The average Bonchev–Trinajstić information content (AvgIpc) is 2.73. The number of hydrogen-bond acceptors (Lipinski definition) is 4. The molecule has 2 aromatic carbocycles. The van der Waals surface area contributed by atoms with Crippen LogP contribution in [0.4, 0.5) is 5.69 Å². The summed E-state index contributed by atoms with van der Waals surface area (Å²) in [4.78, 5) is 38.8. The third-order valence-corrected chi connectivity index (χ3v) is 4.74. The Kier molecular flexibility index (Phi) is 8.61. The van der Waals surface area contributed by atoms with Crippen LogP contribution in [0.2, 0.25) is 0 Å². The Hall–Kier alpha value is -3.35. The summed E-state index contributed by atoms with van der Waals surface area (Å²) in [6, 6.07) is 13.2. The number of rotatable bonds is 9. The molecular weight excluding hydrogens is 394 g/mol. The first-order valence-electron chi connectivity index (χ1n) is 10.3. The zero-order valence-electron chi connectivity index (χ0n) is 18.8. The minimum absolute atomic E-state index is 0.00802. The Labute approximate surface area is 183 Å². The molecule has 0 bridgehead atoms. The monoisotopic (exact) mass is 425 g/mol. The zero-order chi connectivity index (χ0) is 23.0. The molecule has 7 nitrogen and oxygen atoms in total. The molecular formula is C24H31N3O4. The SMILES string of the molecule is CCOc1ccc(C(=O)NC(C(=O)Nc2ccc(CC(=O)N(C)C)cc2)C(C)C)cc1. The van der Waals surface area contributed by atoms with Gasteiger partial charge >= 0.3 is 0 Å². The number of carbonyl (C=O) groups excluding carboxylic acids is 3. The highest BCUT2D eigenvalue weighted by Gasteiger charge is 2.25. The molecule has 0 aliphatic rings. The molecule has 0 saturated heterocycles. The summed E-state index contributed by atoms with van der Waals surface area (Å²) in [7, 11) is 3.43. The molecule has 2 aromatic rings. The molecule has 2 N–H and O–H groups in total. The topological polar surface area (TPSA) is 87.7 Å². The molecule has 3 amide bonds. The van der Waals surface area contributed by atoms with Crippen LogP contribution in [0.1, 0.15) is 36.7 Å². The van der Waals surface area contributed by atoms with Crippen molar-refractivity contribution in [3.63, 3.8) is 0 Å². The fraction of sp³-hybridized carbons (Fsp3) is 0.375. The van der Waals surface area contributed by atoms with Gasteiger partial charge in [-0.05, 0) is 54.8 Å². The predicted octanol–water partition coefficient (Wildman–Crippen LogP) is 3.11. The zero-order valence-corrected chi connectivity index (χ0v) is 18.8. The van der Waals surface area contributed by atoms with Gasteiger partial charge in [0.2, 0.25) is 11.8 Å². The maximum absolute atomic E-state index is 12.8. The summed E-state index contributed by atoms with van der Waals surface area (Å²) >= 11 is 0. The van der Waals surface area contributed by atoms with E-state index in [0.29, 0.717) is 30.0 Å². The van der Waals surface area contributed by atoms with E-state index in [1.807, 2.05) is 20.8 Å². The Morgan fingerprint density at radius 1 is 0.968 bits per heavy atom. The molecule has 166 valence electrons. The molecule has 2 rings (SSSR count). The summed E-state index contributed by atoms with van der Waals surface area (Å²) < 4.78 is 5.39. The largest absolute Gasteiger partial charge is 0.494 e. The van der Waals surface area contributed by atoms with Crippen molar-refractivity contribution in [3.05, 3.63) is 59.7 Å². The second kappa shape index (κ2) is 11.2. The van der Waals surface area contributed by atoms with E-state index >= 15 is 0 Å². The Balaban J connectivity index is 2.01. The third kappa shape index (κ3) is 7.13. The van der Waals surface area contributed by atoms with Gasteiger partial charge in [0.1, 0.15) is 11.8 Å². The van der Waals surface area contributed by atoms with Crippen LogP contribution in [0, 0.1) is 5.92 Å². The third-order valence-electron chi connectivity index (χ3n) is 4.74. The second-order valence-electron chi connectivity index (χ2n) is 7.80. The first-order chi connectivity index (χ1) is 14.7. The molecule has 0 aliphatic carbocycles. The van der Waals surface area contributed by atoms with E-state index in [9.17, 15) is 14.4 Å². The number of hydrogen-bond donors (Lipinski definition) is 2. The molecule has 0 fully saturated rings. The van der Waals surface area contributed by atoms with E-state index in [1.165, 1.54) is 4.90 Å². The number of ether oxygens (including phenoxy) is 1. The predicted molar refractivity (Wildman–Crippen MR) is 121 cm³/mol. The molecule has 0 aliphatic heterocycles. The fourth-order valence-electron chi connectivity index (χ4n) is 2.89. The van der Waals surface area contributed by atoms with Gasteiger partial charge in [-0.25, -0.2) is 0 Å². The summed E-state index contributed by atoms with van der Waals surface area (Å²) in [5.41, 5.74) is 1.92.